The van der Waals surface area contributed by atoms with Gasteiger partial charge in [0, 0.05) is 38.3 Å². The van der Waals surface area contributed by atoms with Crippen molar-refractivity contribution in [3.63, 3.8) is 0 Å². The summed E-state index contributed by atoms with van der Waals surface area (Å²) in [5.41, 5.74) is -1.64. The van der Waals surface area contributed by atoms with Gasteiger partial charge in [-0.05, 0) is 36.4 Å². The molecule has 11 nitrogen and oxygen atoms in total. The van der Waals surface area contributed by atoms with Crippen LogP contribution >= 0.6 is 23.2 Å². The van der Waals surface area contributed by atoms with E-state index in [1.807, 2.05) is 0 Å². The maximum absolute atomic E-state index is 13.4. The van der Waals surface area contributed by atoms with Crippen LogP contribution in [0.4, 0.5) is 0 Å². The van der Waals surface area contributed by atoms with Crippen molar-refractivity contribution in [2.75, 3.05) is 0 Å². The Morgan fingerprint density at radius 3 is 1.54 bits per heavy atom. The number of rotatable bonds is 4. The smallest absolute Gasteiger partial charge is 0.341 e. The van der Waals surface area contributed by atoms with Gasteiger partial charge in [-0.2, -0.15) is 0 Å². The first-order valence-corrected chi connectivity index (χ1v) is 12.6. The van der Waals surface area contributed by atoms with Gasteiger partial charge < -0.3 is 28.4 Å². The minimum atomic E-state index is -1.91. The van der Waals surface area contributed by atoms with Crippen LogP contribution in [0.25, 0.3) is 0 Å². The third kappa shape index (κ3) is 4.52. The minimum Gasteiger partial charge on any atom is -0.448 e. The Morgan fingerprint density at radius 1 is 0.659 bits per heavy atom. The quantitative estimate of drug-likeness (QED) is 0.286. The van der Waals surface area contributed by atoms with E-state index in [0.29, 0.717) is 0 Å². The molecule has 210 valence electrons. The summed E-state index contributed by atoms with van der Waals surface area (Å²) in [5.74, 6) is -5.59. The van der Waals surface area contributed by atoms with Gasteiger partial charge in [-0.25, -0.2) is 4.79 Å². The molecule has 3 aromatic rings. The lowest BCUT2D eigenvalue weighted by molar-refractivity contribution is -0.134. The Hall–Kier alpha value is -4.61. The fourth-order valence-corrected chi connectivity index (χ4v) is 5.29. The van der Waals surface area contributed by atoms with Gasteiger partial charge in [-0.1, -0.05) is 23.2 Å². The molecule has 0 saturated heterocycles. The van der Waals surface area contributed by atoms with E-state index < -0.39 is 35.4 Å². The summed E-state index contributed by atoms with van der Waals surface area (Å²) < 4.78 is 33.6. The van der Waals surface area contributed by atoms with Crippen molar-refractivity contribution in [2.24, 2.45) is 0 Å². The highest BCUT2D eigenvalue weighted by Crippen LogP contribution is 2.63. The van der Waals surface area contributed by atoms with Crippen LogP contribution in [-0.4, -0.2) is 29.8 Å². The summed E-state index contributed by atoms with van der Waals surface area (Å²) in [4.78, 5) is 61.4. The number of esters is 5. The number of halogens is 2. The standard InChI is InChI=1S/C28H18Cl2O11/c1-11(31)36-19-9-5-15-23(25(19)38-13(3)33)40-24-16(6-10-20(37-12(2)32)26(24)39-14(4)34)28(15)22-18(30)8-7-17(29)21(22)27(35)41-28/h5-10H,1-4H3. The number of carbonyl (C=O) groups is 5. The lowest BCUT2D eigenvalue weighted by Crippen LogP contribution is -2.34. The second kappa shape index (κ2) is 10.1. The summed E-state index contributed by atoms with van der Waals surface area (Å²) in [6, 6.07) is 8.37. The van der Waals surface area contributed by atoms with Gasteiger partial charge in [0.15, 0.2) is 28.6 Å². The van der Waals surface area contributed by atoms with Crippen molar-refractivity contribution in [1.82, 2.24) is 0 Å². The van der Waals surface area contributed by atoms with Crippen molar-refractivity contribution in [3.05, 3.63) is 68.7 Å². The second-order valence-corrected chi connectivity index (χ2v) is 9.68. The van der Waals surface area contributed by atoms with Gasteiger partial charge >= 0.3 is 29.8 Å². The van der Waals surface area contributed by atoms with Crippen molar-refractivity contribution >= 4 is 53.0 Å². The van der Waals surface area contributed by atoms with E-state index in [9.17, 15) is 24.0 Å². The largest absolute Gasteiger partial charge is 0.448 e. The molecule has 1 spiro atoms. The summed E-state index contributed by atoms with van der Waals surface area (Å²) in [6.45, 7) is 4.48. The van der Waals surface area contributed by atoms with Gasteiger partial charge in [0.25, 0.3) is 0 Å². The zero-order chi connectivity index (χ0) is 29.8. The first kappa shape index (κ1) is 27.9. The molecule has 0 unspecified atom stereocenters. The van der Waals surface area contributed by atoms with Crippen LogP contribution in [-0.2, 0) is 29.5 Å². The molecule has 0 aliphatic carbocycles. The van der Waals surface area contributed by atoms with Gasteiger partial charge in [0.05, 0.1) is 21.7 Å². The van der Waals surface area contributed by atoms with Crippen LogP contribution in [0.5, 0.6) is 34.5 Å². The van der Waals surface area contributed by atoms with E-state index in [1.165, 1.54) is 36.4 Å². The third-order valence-electron chi connectivity index (χ3n) is 6.02. The first-order valence-electron chi connectivity index (χ1n) is 11.8. The van der Waals surface area contributed by atoms with Crippen molar-refractivity contribution < 1.29 is 52.4 Å². The first-order chi connectivity index (χ1) is 19.3. The average Bonchev–Trinajstić information content (AvgIpc) is 3.18. The highest BCUT2D eigenvalue weighted by atomic mass is 35.5. The number of hydrogen-bond donors (Lipinski definition) is 0. The van der Waals surface area contributed by atoms with E-state index in [0.717, 1.165) is 27.7 Å². The van der Waals surface area contributed by atoms with Gasteiger partial charge in [-0.15, -0.1) is 0 Å². The molecule has 0 fully saturated rings. The lowest BCUT2D eigenvalue weighted by atomic mass is 9.77. The highest BCUT2D eigenvalue weighted by Gasteiger charge is 2.57. The molecule has 5 rings (SSSR count). The van der Waals surface area contributed by atoms with Crippen molar-refractivity contribution in [2.45, 2.75) is 33.3 Å². The third-order valence-corrected chi connectivity index (χ3v) is 6.65. The zero-order valence-electron chi connectivity index (χ0n) is 21.7. The molecule has 0 aromatic heterocycles. The average molecular weight is 601 g/mol. The molecule has 0 atom stereocenters. The lowest BCUT2D eigenvalue weighted by Gasteiger charge is -2.38. The Morgan fingerprint density at radius 2 is 1.10 bits per heavy atom. The van der Waals surface area contributed by atoms with E-state index in [2.05, 4.69) is 0 Å². The number of benzene rings is 3. The maximum atomic E-state index is 13.4. The van der Waals surface area contributed by atoms with E-state index in [-0.39, 0.29) is 66.8 Å². The van der Waals surface area contributed by atoms with Crippen LogP contribution < -0.4 is 23.7 Å². The predicted octanol–water partition coefficient (Wildman–Crippen LogP) is 5.26. The fourth-order valence-electron chi connectivity index (χ4n) is 4.76. The van der Waals surface area contributed by atoms with Crippen LogP contribution in [0.2, 0.25) is 10.0 Å². The zero-order valence-corrected chi connectivity index (χ0v) is 23.2. The molecule has 0 N–H and O–H groups in total. The molecular formula is C28H18Cl2O11. The Kier molecular flexibility index (Phi) is 6.88. The maximum Gasteiger partial charge on any atom is 0.341 e. The molecule has 0 saturated carbocycles. The van der Waals surface area contributed by atoms with Crippen molar-refractivity contribution in [3.8, 4) is 34.5 Å². The molecule has 2 aliphatic rings. The SMILES string of the molecule is CC(=O)Oc1ccc2c(c1OC(C)=O)Oc1c(ccc(OC(C)=O)c1OC(C)=O)C21OC(=O)c2c(Cl)ccc(Cl)c21. The summed E-state index contributed by atoms with van der Waals surface area (Å²) in [5, 5.41) is 0.111. The predicted molar refractivity (Wildman–Crippen MR) is 140 cm³/mol. The topological polar surface area (TPSA) is 141 Å². The normalized spacial score (nSPS) is 13.7. The van der Waals surface area contributed by atoms with Crippen LogP contribution in [0, 0.1) is 0 Å². The Bertz CT molecular complexity index is 1620. The molecule has 0 amide bonds. The highest BCUT2D eigenvalue weighted by molar-refractivity contribution is 6.37. The van der Waals surface area contributed by atoms with Crippen LogP contribution in [0.15, 0.2) is 36.4 Å². The van der Waals surface area contributed by atoms with E-state index in [1.54, 1.807) is 0 Å². The number of carbonyl (C=O) groups excluding carboxylic acids is 5. The molecule has 2 aliphatic heterocycles. The van der Waals surface area contributed by atoms with E-state index >= 15 is 0 Å². The second-order valence-electron chi connectivity index (χ2n) is 8.87. The van der Waals surface area contributed by atoms with Crippen LogP contribution in [0.3, 0.4) is 0 Å². The minimum absolute atomic E-state index is 0.0364. The number of ether oxygens (including phenoxy) is 6. The molecule has 41 heavy (non-hydrogen) atoms. The monoisotopic (exact) mass is 600 g/mol. The number of hydrogen-bond acceptors (Lipinski definition) is 11. The van der Waals surface area contributed by atoms with E-state index in [4.69, 9.17) is 51.6 Å². The summed E-state index contributed by atoms with van der Waals surface area (Å²) in [6.07, 6.45) is 0. The Labute approximate surface area is 241 Å². The van der Waals surface area contributed by atoms with Crippen LogP contribution in [0.1, 0.15) is 54.7 Å². The molecule has 13 heteroatoms. The van der Waals surface area contributed by atoms with Gasteiger partial charge in [0.1, 0.15) is 0 Å². The van der Waals surface area contributed by atoms with Gasteiger partial charge in [-0.3, -0.25) is 19.2 Å². The molecule has 3 aromatic carbocycles. The molecule has 0 bridgehead atoms. The fraction of sp³-hybridized carbons (Fsp3) is 0.179. The molecular weight excluding hydrogens is 583 g/mol. The van der Waals surface area contributed by atoms with Crippen molar-refractivity contribution in [1.29, 1.82) is 0 Å². The summed E-state index contributed by atoms with van der Waals surface area (Å²) in [7, 11) is 0. The Balaban J connectivity index is 1.95. The number of fused-ring (bicyclic) bond motifs is 6. The molecule has 2 heterocycles. The van der Waals surface area contributed by atoms with Gasteiger partial charge in [0.2, 0.25) is 11.5 Å². The molecule has 0 radical (unpaired) electrons. The summed E-state index contributed by atoms with van der Waals surface area (Å²) >= 11 is 13.1.